The van der Waals surface area contributed by atoms with E-state index < -0.39 is 0 Å². The summed E-state index contributed by atoms with van der Waals surface area (Å²) in [5.41, 5.74) is 5.98. The van der Waals surface area contributed by atoms with E-state index in [2.05, 4.69) is 39.0 Å². The van der Waals surface area contributed by atoms with Gasteiger partial charge in [-0.25, -0.2) is 0 Å². The van der Waals surface area contributed by atoms with Gasteiger partial charge in [0.1, 0.15) is 18.1 Å². The molecule has 3 rings (SSSR count). The summed E-state index contributed by atoms with van der Waals surface area (Å²) in [5.74, 6) is 1.79. The molecule has 0 spiro atoms. The fourth-order valence-corrected chi connectivity index (χ4v) is 3.30. The van der Waals surface area contributed by atoms with Crippen molar-refractivity contribution in [1.29, 1.82) is 0 Å². The van der Waals surface area contributed by atoms with E-state index in [4.69, 9.17) is 9.47 Å². The monoisotopic (exact) mass is 338 g/mol. The Hall–Kier alpha value is -2.29. The van der Waals surface area contributed by atoms with Crippen LogP contribution in [0.2, 0.25) is 0 Å². The molecule has 3 nitrogen and oxygen atoms in total. The van der Waals surface area contributed by atoms with Crippen molar-refractivity contribution in [2.45, 2.75) is 59.5 Å². The molecule has 0 atom stereocenters. The fourth-order valence-electron chi connectivity index (χ4n) is 3.30. The second kappa shape index (κ2) is 7.30. The molecular weight excluding hydrogens is 312 g/mol. The Balaban J connectivity index is 1.87. The summed E-state index contributed by atoms with van der Waals surface area (Å²) in [7, 11) is 0. The van der Waals surface area contributed by atoms with Gasteiger partial charge in [-0.3, -0.25) is 4.79 Å². The van der Waals surface area contributed by atoms with E-state index >= 15 is 0 Å². The van der Waals surface area contributed by atoms with E-state index in [1.165, 1.54) is 36.5 Å². The summed E-state index contributed by atoms with van der Waals surface area (Å²) in [6.07, 6.45) is 3.41. The summed E-state index contributed by atoms with van der Waals surface area (Å²) in [6.45, 7) is 8.22. The number of aryl methyl sites for hydroxylation is 3. The van der Waals surface area contributed by atoms with Crippen LogP contribution in [0.25, 0.3) is 0 Å². The Morgan fingerprint density at radius 3 is 2.52 bits per heavy atom. The molecule has 0 aliphatic heterocycles. The maximum Gasteiger partial charge on any atom is 0.308 e. The molecule has 0 saturated heterocycles. The van der Waals surface area contributed by atoms with Gasteiger partial charge >= 0.3 is 5.97 Å². The van der Waals surface area contributed by atoms with Crippen LogP contribution in [0, 0.1) is 13.8 Å². The highest BCUT2D eigenvalue weighted by molar-refractivity contribution is 5.70. The average Bonchev–Trinajstić information content (AvgIpc) is 3.40. The first-order valence-corrected chi connectivity index (χ1v) is 9.02. The maximum absolute atomic E-state index is 11.4. The van der Waals surface area contributed by atoms with Crippen LogP contribution < -0.4 is 9.47 Å². The predicted molar refractivity (Wildman–Crippen MR) is 99.4 cm³/mol. The molecule has 1 aliphatic rings. The number of carbonyl (C=O) groups excluding carboxylic acids is 1. The van der Waals surface area contributed by atoms with Gasteiger partial charge in [0, 0.05) is 12.5 Å². The van der Waals surface area contributed by atoms with E-state index in [0.717, 1.165) is 23.3 Å². The minimum atomic E-state index is -0.298. The number of carbonyl (C=O) groups is 1. The van der Waals surface area contributed by atoms with Crippen molar-refractivity contribution in [3.8, 4) is 11.5 Å². The number of hydrogen-bond acceptors (Lipinski definition) is 3. The number of ether oxygens (including phenoxy) is 2. The van der Waals surface area contributed by atoms with Crippen LogP contribution in [0.5, 0.6) is 11.5 Å². The van der Waals surface area contributed by atoms with E-state index in [-0.39, 0.29) is 5.97 Å². The van der Waals surface area contributed by atoms with Gasteiger partial charge in [0.25, 0.3) is 0 Å². The van der Waals surface area contributed by atoms with Gasteiger partial charge in [0.15, 0.2) is 0 Å². The van der Waals surface area contributed by atoms with Crippen molar-refractivity contribution < 1.29 is 14.3 Å². The van der Waals surface area contributed by atoms with Gasteiger partial charge in [-0.15, -0.1) is 0 Å². The molecule has 0 unspecified atom stereocenters. The topological polar surface area (TPSA) is 35.5 Å². The standard InChI is InChI=1S/C22H26O3/c1-5-17-11-15(3)22(12-14(17)2)24-13-20-19(18-9-10-18)7-6-8-21(20)25-16(4)23/h6-8,11-12,18H,5,9-10,13H2,1-4H3. The van der Waals surface area contributed by atoms with Gasteiger partial charge in [-0.2, -0.15) is 0 Å². The van der Waals surface area contributed by atoms with Crippen LogP contribution in [0.3, 0.4) is 0 Å². The van der Waals surface area contributed by atoms with Gasteiger partial charge < -0.3 is 9.47 Å². The largest absolute Gasteiger partial charge is 0.488 e. The Morgan fingerprint density at radius 1 is 1.12 bits per heavy atom. The number of esters is 1. The van der Waals surface area contributed by atoms with Crippen LogP contribution in [-0.2, 0) is 17.8 Å². The molecule has 3 heteroatoms. The predicted octanol–water partition coefficient (Wildman–Crippen LogP) is 5.25. The SMILES string of the molecule is CCc1cc(C)c(OCc2c(OC(C)=O)cccc2C2CC2)cc1C. The lowest BCUT2D eigenvalue weighted by atomic mass is 10.0. The smallest absolute Gasteiger partial charge is 0.308 e. The molecule has 0 heterocycles. The van der Waals surface area contributed by atoms with Crippen molar-refractivity contribution in [1.82, 2.24) is 0 Å². The molecule has 2 aromatic carbocycles. The molecule has 2 aromatic rings. The first kappa shape index (κ1) is 17.5. The molecule has 0 N–H and O–H groups in total. The summed E-state index contributed by atoms with van der Waals surface area (Å²) in [5, 5.41) is 0. The van der Waals surface area contributed by atoms with Gasteiger partial charge in [-0.05, 0) is 73.4 Å². The van der Waals surface area contributed by atoms with Crippen LogP contribution in [0.15, 0.2) is 30.3 Å². The lowest BCUT2D eigenvalue weighted by Crippen LogP contribution is -2.08. The lowest BCUT2D eigenvalue weighted by molar-refractivity contribution is -0.131. The molecule has 1 aliphatic carbocycles. The quantitative estimate of drug-likeness (QED) is 0.533. The number of benzene rings is 2. The minimum Gasteiger partial charge on any atom is -0.488 e. The third-order valence-electron chi connectivity index (χ3n) is 4.83. The Morgan fingerprint density at radius 2 is 1.88 bits per heavy atom. The zero-order valence-corrected chi connectivity index (χ0v) is 15.5. The Kier molecular flexibility index (Phi) is 5.12. The molecule has 0 radical (unpaired) electrons. The average molecular weight is 338 g/mol. The molecule has 0 bridgehead atoms. The van der Waals surface area contributed by atoms with Crippen molar-refractivity contribution in [2.75, 3.05) is 0 Å². The zero-order chi connectivity index (χ0) is 18.0. The summed E-state index contributed by atoms with van der Waals surface area (Å²) < 4.78 is 11.6. The normalized spacial score (nSPS) is 13.6. The van der Waals surface area contributed by atoms with E-state index in [1.807, 2.05) is 12.1 Å². The van der Waals surface area contributed by atoms with Crippen molar-refractivity contribution in [2.24, 2.45) is 0 Å². The second-order valence-corrected chi connectivity index (χ2v) is 6.88. The van der Waals surface area contributed by atoms with Crippen LogP contribution >= 0.6 is 0 Å². The lowest BCUT2D eigenvalue weighted by Gasteiger charge is -2.17. The molecule has 0 amide bonds. The highest BCUT2D eigenvalue weighted by Gasteiger charge is 2.28. The summed E-state index contributed by atoms with van der Waals surface area (Å²) in [4.78, 5) is 11.4. The van der Waals surface area contributed by atoms with Gasteiger partial charge in [0.05, 0.1) is 0 Å². The molecular formula is C22H26O3. The van der Waals surface area contributed by atoms with E-state index in [1.54, 1.807) is 0 Å². The van der Waals surface area contributed by atoms with Gasteiger partial charge in [0.2, 0.25) is 0 Å². The molecule has 25 heavy (non-hydrogen) atoms. The third-order valence-corrected chi connectivity index (χ3v) is 4.83. The third kappa shape index (κ3) is 4.04. The first-order chi connectivity index (χ1) is 12.0. The number of hydrogen-bond donors (Lipinski definition) is 0. The van der Waals surface area contributed by atoms with Crippen molar-refractivity contribution in [3.05, 3.63) is 58.1 Å². The molecule has 0 aromatic heterocycles. The molecule has 132 valence electrons. The van der Waals surface area contributed by atoms with Gasteiger partial charge in [-0.1, -0.05) is 25.1 Å². The van der Waals surface area contributed by atoms with Crippen molar-refractivity contribution >= 4 is 5.97 Å². The molecule has 1 fully saturated rings. The van der Waals surface area contributed by atoms with Crippen LogP contribution in [-0.4, -0.2) is 5.97 Å². The fraction of sp³-hybridized carbons (Fsp3) is 0.409. The first-order valence-electron chi connectivity index (χ1n) is 9.02. The highest BCUT2D eigenvalue weighted by Crippen LogP contribution is 2.44. The number of rotatable bonds is 6. The van der Waals surface area contributed by atoms with Crippen LogP contribution in [0.1, 0.15) is 60.4 Å². The second-order valence-electron chi connectivity index (χ2n) is 6.88. The summed E-state index contributed by atoms with van der Waals surface area (Å²) >= 11 is 0. The Bertz CT molecular complexity index is 788. The van der Waals surface area contributed by atoms with Crippen molar-refractivity contribution in [3.63, 3.8) is 0 Å². The minimum absolute atomic E-state index is 0.298. The Labute approximate surface area is 150 Å². The molecule has 1 saturated carbocycles. The zero-order valence-electron chi connectivity index (χ0n) is 15.5. The highest BCUT2D eigenvalue weighted by atomic mass is 16.5. The van der Waals surface area contributed by atoms with E-state index in [0.29, 0.717) is 18.3 Å². The summed E-state index contributed by atoms with van der Waals surface area (Å²) in [6, 6.07) is 10.2. The maximum atomic E-state index is 11.4. The van der Waals surface area contributed by atoms with E-state index in [9.17, 15) is 4.79 Å². The van der Waals surface area contributed by atoms with Crippen LogP contribution in [0.4, 0.5) is 0 Å².